The first-order chi connectivity index (χ1) is 9.31. The molecule has 2 atom stereocenters. The van der Waals surface area contributed by atoms with Crippen LogP contribution in [0.2, 0.25) is 0 Å². The number of aliphatic hydroxyl groups excluding tert-OH is 1. The number of β-amino-alcohol motifs (C(OH)–C–C–N with tert-alkyl or cyclic N) is 1. The highest BCUT2D eigenvalue weighted by molar-refractivity contribution is 5.14. The van der Waals surface area contributed by atoms with Gasteiger partial charge in [0.25, 0.3) is 0 Å². The second-order valence-electron chi connectivity index (χ2n) is 6.02. The van der Waals surface area contributed by atoms with Gasteiger partial charge < -0.3 is 10.4 Å². The van der Waals surface area contributed by atoms with E-state index in [9.17, 15) is 5.11 Å². The molecule has 0 bridgehead atoms. The number of likely N-dealkylation sites (tertiary alicyclic amines) is 1. The summed E-state index contributed by atoms with van der Waals surface area (Å²) in [7, 11) is 0. The Balaban J connectivity index is 1.46. The van der Waals surface area contributed by atoms with Gasteiger partial charge in [-0.1, -0.05) is 30.3 Å². The Bertz CT molecular complexity index is 391. The molecule has 1 saturated carbocycles. The molecule has 0 aromatic heterocycles. The van der Waals surface area contributed by atoms with Crippen LogP contribution in [0.4, 0.5) is 0 Å². The van der Waals surface area contributed by atoms with Gasteiger partial charge in [-0.3, -0.25) is 4.90 Å². The maximum Gasteiger partial charge on any atom is 0.0707 e. The fourth-order valence-electron chi connectivity index (χ4n) is 2.87. The number of benzene rings is 1. The van der Waals surface area contributed by atoms with Crippen LogP contribution in [-0.2, 0) is 6.54 Å². The fraction of sp³-hybridized carbons (Fsp3) is 0.625. The molecule has 2 N–H and O–H groups in total. The average molecular weight is 260 g/mol. The minimum Gasteiger partial charge on any atom is -0.391 e. The van der Waals surface area contributed by atoms with Crippen LogP contribution in [0.15, 0.2) is 30.3 Å². The number of aliphatic hydroxyl groups is 1. The molecule has 0 radical (unpaired) electrons. The van der Waals surface area contributed by atoms with E-state index >= 15 is 0 Å². The molecule has 3 rings (SSSR count). The van der Waals surface area contributed by atoms with Gasteiger partial charge in [-0.15, -0.1) is 0 Å². The minimum atomic E-state index is -0.177. The number of nitrogens with one attached hydrogen (secondary N) is 1. The molecule has 0 spiro atoms. The number of hydrogen-bond donors (Lipinski definition) is 2. The third-order valence-electron chi connectivity index (χ3n) is 4.30. The lowest BCUT2D eigenvalue weighted by Gasteiger charge is -2.36. The maximum absolute atomic E-state index is 10.3. The van der Waals surface area contributed by atoms with Gasteiger partial charge in [-0.25, -0.2) is 0 Å². The van der Waals surface area contributed by atoms with E-state index in [1.54, 1.807) is 0 Å². The standard InChI is InChI=1S/C16H24N2O/c19-16-12-18(11-13-4-2-1-3-5-13)9-8-14(16)10-17-15-6-7-15/h1-5,14-17,19H,6-12H2/t14-,16+/m1/s1. The highest BCUT2D eigenvalue weighted by Crippen LogP contribution is 2.22. The molecule has 3 heteroatoms. The van der Waals surface area contributed by atoms with Crippen molar-refractivity contribution in [2.45, 2.75) is 38.0 Å². The summed E-state index contributed by atoms with van der Waals surface area (Å²) in [6, 6.07) is 11.3. The first-order valence-corrected chi connectivity index (χ1v) is 7.49. The lowest BCUT2D eigenvalue weighted by Crippen LogP contribution is -2.46. The number of rotatable bonds is 5. The molecular formula is C16H24N2O. The van der Waals surface area contributed by atoms with Gasteiger partial charge in [-0.05, 0) is 37.3 Å². The van der Waals surface area contributed by atoms with Crippen LogP contribution in [0.3, 0.4) is 0 Å². The first kappa shape index (κ1) is 13.1. The molecule has 3 nitrogen and oxygen atoms in total. The molecule has 1 saturated heterocycles. The van der Waals surface area contributed by atoms with Crippen molar-refractivity contribution < 1.29 is 5.11 Å². The van der Waals surface area contributed by atoms with Crippen molar-refractivity contribution in [3.63, 3.8) is 0 Å². The van der Waals surface area contributed by atoms with Crippen LogP contribution < -0.4 is 5.32 Å². The Morgan fingerprint density at radius 1 is 1.16 bits per heavy atom. The third-order valence-corrected chi connectivity index (χ3v) is 4.30. The van der Waals surface area contributed by atoms with E-state index in [1.165, 1.54) is 18.4 Å². The fourth-order valence-corrected chi connectivity index (χ4v) is 2.87. The largest absolute Gasteiger partial charge is 0.391 e. The summed E-state index contributed by atoms with van der Waals surface area (Å²) in [5.74, 6) is 0.438. The van der Waals surface area contributed by atoms with Crippen LogP contribution in [0.25, 0.3) is 0 Å². The minimum absolute atomic E-state index is 0.177. The molecule has 1 aromatic rings. The molecule has 1 aliphatic heterocycles. The van der Waals surface area contributed by atoms with Crippen LogP contribution in [-0.4, -0.2) is 41.8 Å². The maximum atomic E-state index is 10.3. The second-order valence-corrected chi connectivity index (χ2v) is 6.02. The first-order valence-electron chi connectivity index (χ1n) is 7.49. The Hall–Kier alpha value is -0.900. The molecule has 2 aliphatic rings. The van der Waals surface area contributed by atoms with Crippen molar-refractivity contribution in [3.8, 4) is 0 Å². The number of piperidine rings is 1. The van der Waals surface area contributed by atoms with E-state index in [1.807, 2.05) is 6.07 Å². The number of hydrogen-bond acceptors (Lipinski definition) is 3. The van der Waals surface area contributed by atoms with Crippen LogP contribution in [0, 0.1) is 5.92 Å². The Morgan fingerprint density at radius 3 is 2.63 bits per heavy atom. The monoisotopic (exact) mass is 260 g/mol. The van der Waals surface area contributed by atoms with Gasteiger partial charge >= 0.3 is 0 Å². The molecule has 2 fully saturated rings. The molecule has 19 heavy (non-hydrogen) atoms. The zero-order valence-electron chi connectivity index (χ0n) is 11.5. The molecular weight excluding hydrogens is 236 g/mol. The molecule has 1 heterocycles. The lowest BCUT2D eigenvalue weighted by atomic mass is 9.93. The van der Waals surface area contributed by atoms with Gasteiger partial charge in [-0.2, -0.15) is 0 Å². The topological polar surface area (TPSA) is 35.5 Å². The van der Waals surface area contributed by atoms with E-state index in [0.29, 0.717) is 5.92 Å². The van der Waals surface area contributed by atoms with E-state index in [0.717, 1.165) is 38.6 Å². The summed E-state index contributed by atoms with van der Waals surface area (Å²) in [5, 5.41) is 13.8. The van der Waals surface area contributed by atoms with Crippen molar-refractivity contribution in [2.24, 2.45) is 5.92 Å². The zero-order chi connectivity index (χ0) is 13.1. The Kier molecular flexibility index (Phi) is 4.16. The predicted molar refractivity (Wildman–Crippen MR) is 76.9 cm³/mol. The Labute approximate surface area is 115 Å². The summed E-state index contributed by atoms with van der Waals surface area (Å²) in [5.41, 5.74) is 1.34. The third kappa shape index (κ3) is 3.78. The molecule has 0 amide bonds. The highest BCUT2D eigenvalue weighted by Gasteiger charge is 2.29. The molecule has 1 aromatic carbocycles. The predicted octanol–water partition coefficient (Wildman–Crippen LogP) is 1.62. The summed E-state index contributed by atoms with van der Waals surface area (Å²) < 4.78 is 0. The summed E-state index contributed by atoms with van der Waals surface area (Å²) in [6.07, 6.45) is 3.57. The summed E-state index contributed by atoms with van der Waals surface area (Å²) >= 11 is 0. The molecule has 0 unspecified atom stereocenters. The van der Waals surface area contributed by atoms with E-state index < -0.39 is 0 Å². The number of nitrogens with zero attached hydrogens (tertiary/aromatic N) is 1. The van der Waals surface area contributed by atoms with Gasteiger partial charge in [0.2, 0.25) is 0 Å². The zero-order valence-corrected chi connectivity index (χ0v) is 11.5. The van der Waals surface area contributed by atoms with Crippen molar-refractivity contribution in [3.05, 3.63) is 35.9 Å². The van der Waals surface area contributed by atoms with Gasteiger partial charge in [0.05, 0.1) is 6.10 Å². The van der Waals surface area contributed by atoms with E-state index in [4.69, 9.17) is 0 Å². The van der Waals surface area contributed by atoms with Crippen molar-refractivity contribution in [2.75, 3.05) is 19.6 Å². The summed E-state index contributed by atoms with van der Waals surface area (Å²) in [4.78, 5) is 2.37. The smallest absolute Gasteiger partial charge is 0.0707 e. The highest BCUT2D eigenvalue weighted by atomic mass is 16.3. The molecule has 1 aliphatic carbocycles. The van der Waals surface area contributed by atoms with E-state index in [-0.39, 0.29) is 6.10 Å². The van der Waals surface area contributed by atoms with Gasteiger partial charge in [0.1, 0.15) is 0 Å². The second kappa shape index (κ2) is 6.04. The Morgan fingerprint density at radius 2 is 1.95 bits per heavy atom. The quantitative estimate of drug-likeness (QED) is 0.844. The van der Waals surface area contributed by atoms with Crippen molar-refractivity contribution in [1.29, 1.82) is 0 Å². The van der Waals surface area contributed by atoms with Crippen LogP contribution >= 0.6 is 0 Å². The summed E-state index contributed by atoms with van der Waals surface area (Å²) in [6.45, 7) is 3.86. The lowest BCUT2D eigenvalue weighted by molar-refractivity contribution is 0.0188. The van der Waals surface area contributed by atoms with Crippen molar-refractivity contribution >= 4 is 0 Å². The van der Waals surface area contributed by atoms with Gasteiger partial charge in [0, 0.05) is 25.7 Å². The normalized spacial score (nSPS) is 28.5. The molecule has 104 valence electrons. The van der Waals surface area contributed by atoms with E-state index in [2.05, 4.69) is 34.5 Å². The van der Waals surface area contributed by atoms with Crippen LogP contribution in [0.1, 0.15) is 24.8 Å². The SMILES string of the molecule is O[C@H]1CN(Cc2ccccc2)CC[C@@H]1CNC1CC1. The van der Waals surface area contributed by atoms with Crippen LogP contribution in [0.5, 0.6) is 0 Å². The van der Waals surface area contributed by atoms with Gasteiger partial charge in [0.15, 0.2) is 0 Å². The average Bonchev–Trinajstić information content (AvgIpc) is 3.23. The van der Waals surface area contributed by atoms with Crippen molar-refractivity contribution in [1.82, 2.24) is 10.2 Å².